The summed E-state index contributed by atoms with van der Waals surface area (Å²) < 4.78 is 11.3. The number of amides is 1. The van der Waals surface area contributed by atoms with Crippen LogP contribution in [0.2, 0.25) is 0 Å². The topological polar surface area (TPSA) is 85.0 Å². The fourth-order valence-electron chi connectivity index (χ4n) is 2.79. The minimum atomic E-state index is -0.653. The van der Waals surface area contributed by atoms with Gasteiger partial charge in [-0.3, -0.25) is 4.79 Å². The fourth-order valence-corrected chi connectivity index (χ4v) is 2.79. The molecule has 0 bridgehead atoms. The van der Waals surface area contributed by atoms with Crippen LogP contribution in [0, 0.1) is 0 Å². The molecule has 0 radical (unpaired) electrons. The molecule has 2 saturated heterocycles. The van der Waals surface area contributed by atoms with E-state index < -0.39 is 5.79 Å². The average Bonchev–Trinajstić information content (AvgIpc) is 2.88. The largest absolute Gasteiger partial charge is 0.508 e. The molecule has 1 spiro atoms. The second kappa shape index (κ2) is 4.96. The van der Waals surface area contributed by atoms with Crippen molar-refractivity contribution in [3.63, 3.8) is 0 Å². The van der Waals surface area contributed by atoms with Gasteiger partial charge in [-0.25, -0.2) is 0 Å². The molecule has 108 valence electrons. The van der Waals surface area contributed by atoms with Gasteiger partial charge in [0.15, 0.2) is 5.79 Å². The van der Waals surface area contributed by atoms with E-state index in [1.54, 1.807) is 4.90 Å². The molecular weight excluding hydrogens is 260 g/mol. The number of ether oxygens (including phenoxy) is 2. The minimum Gasteiger partial charge on any atom is -0.508 e. The van der Waals surface area contributed by atoms with Crippen LogP contribution in [0.25, 0.3) is 0 Å². The monoisotopic (exact) mass is 278 g/mol. The molecule has 2 fully saturated rings. The van der Waals surface area contributed by atoms with Crippen molar-refractivity contribution in [2.45, 2.75) is 18.6 Å². The number of phenols is 1. The SMILES string of the molecule is Nc1ccc(O)cc1C(=O)N1CCCC2(C1)OCCO2. The number of nitrogen functional groups attached to an aromatic ring is 1. The molecule has 2 aliphatic heterocycles. The average molecular weight is 278 g/mol. The molecule has 3 N–H and O–H groups in total. The lowest BCUT2D eigenvalue weighted by atomic mass is 10.0. The van der Waals surface area contributed by atoms with Crippen molar-refractivity contribution >= 4 is 11.6 Å². The maximum atomic E-state index is 12.5. The number of carbonyl (C=O) groups excluding carboxylic acids is 1. The summed E-state index contributed by atoms with van der Waals surface area (Å²) in [5.74, 6) is -0.821. The molecule has 6 nitrogen and oxygen atoms in total. The number of aromatic hydroxyl groups is 1. The predicted octanol–water partition coefficient (Wildman–Crippen LogP) is 0.954. The summed E-state index contributed by atoms with van der Waals surface area (Å²) >= 11 is 0. The Balaban J connectivity index is 1.81. The van der Waals surface area contributed by atoms with E-state index in [0.717, 1.165) is 12.8 Å². The van der Waals surface area contributed by atoms with E-state index in [4.69, 9.17) is 15.2 Å². The van der Waals surface area contributed by atoms with Gasteiger partial charge >= 0.3 is 0 Å². The first-order valence-electron chi connectivity index (χ1n) is 6.75. The Morgan fingerprint density at radius 3 is 2.85 bits per heavy atom. The van der Waals surface area contributed by atoms with E-state index in [1.807, 2.05) is 0 Å². The first-order chi connectivity index (χ1) is 9.60. The first-order valence-corrected chi connectivity index (χ1v) is 6.75. The van der Waals surface area contributed by atoms with E-state index in [9.17, 15) is 9.90 Å². The molecule has 1 amide bonds. The lowest BCUT2D eigenvalue weighted by Gasteiger charge is -2.38. The molecule has 0 aromatic heterocycles. The van der Waals surface area contributed by atoms with Gasteiger partial charge < -0.3 is 25.2 Å². The third-order valence-electron chi connectivity index (χ3n) is 3.79. The number of piperidine rings is 1. The highest BCUT2D eigenvalue weighted by atomic mass is 16.7. The molecule has 0 saturated carbocycles. The molecular formula is C14H18N2O4. The summed E-state index contributed by atoms with van der Waals surface area (Å²) in [5, 5.41) is 9.51. The number of carbonyl (C=O) groups is 1. The predicted molar refractivity (Wildman–Crippen MR) is 72.3 cm³/mol. The zero-order valence-corrected chi connectivity index (χ0v) is 11.2. The number of hydrogen-bond donors (Lipinski definition) is 2. The van der Waals surface area contributed by atoms with Crippen LogP contribution in [0.1, 0.15) is 23.2 Å². The molecule has 3 rings (SSSR count). The van der Waals surface area contributed by atoms with Crippen LogP contribution in [0.5, 0.6) is 5.75 Å². The number of anilines is 1. The molecule has 2 aliphatic rings. The zero-order valence-electron chi connectivity index (χ0n) is 11.2. The van der Waals surface area contributed by atoms with Crippen molar-refractivity contribution in [1.29, 1.82) is 0 Å². The number of benzene rings is 1. The minimum absolute atomic E-state index is 0.0302. The highest BCUT2D eigenvalue weighted by molar-refractivity contribution is 5.99. The Morgan fingerprint density at radius 2 is 2.10 bits per heavy atom. The summed E-state index contributed by atoms with van der Waals surface area (Å²) in [6.45, 7) is 2.18. The van der Waals surface area contributed by atoms with Gasteiger partial charge in [0.05, 0.1) is 25.3 Å². The summed E-state index contributed by atoms with van der Waals surface area (Å²) in [7, 11) is 0. The van der Waals surface area contributed by atoms with Crippen LogP contribution in [0.15, 0.2) is 18.2 Å². The molecule has 20 heavy (non-hydrogen) atoms. The highest BCUT2D eigenvalue weighted by Gasteiger charge is 2.42. The van der Waals surface area contributed by atoms with Crippen molar-refractivity contribution in [2.24, 2.45) is 0 Å². The van der Waals surface area contributed by atoms with Crippen molar-refractivity contribution in [2.75, 3.05) is 32.0 Å². The third kappa shape index (κ3) is 2.32. The lowest BCUT2D eigenvalue weighted by molar-refractivity contribution is -0.183. The molecule has 2 heterocycles. The summed E-state index contributed by atoms with van der Waals surface area (Å²) in [5.41, 5.74) is 6.50. The van der Waals surface area contributed by atoms with Crippen LogP contribution >= 0.6 is 0 Å². The van der Waals surface area contributed by atoms with Crippen LogP contribution in [0.4, 0.5) is 5.69 Å². The highest BCUT2D eigenvalue weighted by Crippen LogP contribution is 2.31. The quantitative estimate of drug-likeness (QED) is 0.590. The molecule has 0 aliphatic carbocycles. The number of nitrogens with zero attached hydrogens (tertiary/aromatic N) is 1. The molecule has 0 unspecified atom stereocenters. The van der Waals surface area contributed by atoms with Gasteiger partial charge in [-0.1, -0.05) is 0 Å². The fraction of sp³-hybridized carbons (Fsp3) is 0.500. The summed E-state index contributed by atoms with van der Waals surface area (Å²) in [6, 6.07) is 4.40. The van der Waals surface area contributed by atoms with Crippen LogP contribution in [-0.4, -0.2) is 48.0 Å². The van der Waals surface area contributed by atoms with Crippen LogP contribution in [-0.2, 0) is 9.47 Å². The van der Waals surface area contributed by atoms with E-state index in [2.05, 4.69) is 0 Å². The normalized spacial score (nSPS) is 21.3. The van der Waals surface area contributed by atoms with Crippen molar-refractivity contribution in [3.8, 4) is 5.75 Å². The molecule has 6 heteroatoms. The van der Waals surface area contributed by atoms with E-state index in [0.29, 0.717) is 37.6 Å². The smallest absolute Gasteiger partial charge is 0.256 e. The van der Waals surface area contributed by atoms with E-state index in [1.165, 1.54) is 18.2 Å². The Morgan fingerprint density at radius 1 is 1.35 bits per heavy atom. The third-order valence-corrected chi connectivity index (χ3v) is 3.79. The number of hydrogen-bond acceptors (Lipinski definition) is 5. The molecule has 1 aromatic rings. The number of likely N-dealkylation sites (tertiary alicyclic amines) is 1. The number of rotatable bonds is 1. The van der Waals surface area contributed by atoms with Crippen molar-refractivity contribution < 1.29 is 19.4 Å². The first kappa shape index (κ1) is 13.2. The van der Waals surface area contributed by atoms with Crippen LogP contribution < -0.4 is 5.73 Å². The van der Waals surface area contributed by atoms with Gasteiger partial charge in [0.1, 0.15) is 5.75 Å². The summed E-state index contributed by atoms with van der Waals surface area (Å²) in [4.78, 5) is 14.2. The van der Waals surface area contributed by atoms with Gasteiger partial charge in [-0.15, -0.1) is 0 Å². The van der Waals surface area contributed by atoms with Gasteiger partial charge in [0, 0.05) is 18.7 Å². The second-order valence-electron chi connectivity index (χ2n) is 5.21. The van der Waals surface area contributed by atoms with Gasteiger partial charge in [-0.05, 0) is 24.6 Å². The van der Waals surface area contributed by atoms with Gasteiger partial charge in [0.2, 0.25) is 0 Å². The standard InChI is InChI=1S/C14H18N2O4/c15-12-3-2-10(17)8-11(12)13(18)16-5-1-4-14(9-16)19-6-7-20-14/h2-3,8,17H,1,4-7,9,15H2. The summed E-state index contributed by atoms with van der Waals surface area (Å²) in [6.07, 6.45) is 1.62. The molecule has 1 aromatic carbocycles. The van der Waals surface area contributed by atoms with Crippen molar-refractivity contribution in [3.05, 3.63) is 23.8 Å². The van der Waals surface area contributed by atoms with Gasteiger partial charge in [0.25, 0.3) is 5.91 Å². The van der Waals surface area contributed by atoms with Crippen molar-refractivity contribution in [1.82, 2.24) is 4.90 Å². The molecule has 0 atom stereocenters. The Hall–Kier alpha value is -1.79. The maximum absolute atomic E-state index is 12.5. The Kier molecular flexibility index (Phi) is 3.27. The van der Waals surface area contributed by atoms with Crippen LogP contribution in [0.3, 0.4) is 0 Å². The number of nitrogens with two attached hydrogens (primary N) is 1. The Labute approximate surface area is 117 Å². The zero-order chi connectivity index (χ0) is 14.2. The van der Waals surface area contributed by atoms with E-state index >= 15 is 0 Å². The maximum Gasteiger partial charge on any atom is 0.256 e. The lowest BCUT2D eigenvalue weighted by Crippen LogP contribution is -2.51. The second-order valence-corrected chi connectivity index (χ2v) is 5.21. The number of phenolic OH excluding ortho intramolecular Hbond substituents is 1. The van der Waals surface area contributed by atoms with Gasteiger partial charge in [-0.2, -0.15) is 0 Å². The Bertz CT molecular complexity index is 526. The van der Waals surface area contributed by atoms with E-state index in [-0.39, 0.29) is 11.7 Å².